The van der Waals surface area contributed by atoms with Gasteiger partial charge in [-0.25, -0.2) is 4.98 Å². The third kappa shape index (κ3) is 3.57. The van der Waals surface area contributed by atoms with Gasteiger partial charge in [-0.05, 0) is 30.5 Å². The van der Waals surface area contributed by atoms with Gasteiger partial charge in [0.2, 0.25) is 5.78 Å². The van der Waals surface area contributed by atoms with E-state index in [0.29, 0.717) is 56.7 Å². The number of nitrogens with zero attached hydrogens (tertiary/aromatic N) is 7. The molecule has 1 N–H and O–H groups in total. The molecule has 182 valence electrons. The standard InChI is InChI=1S/C24H27N7O4/c1-15-4-8-30-19(15)20(23(34)31-24(30)26-21(27-31)16-5-13-35-14-6-16)28-9-11-29(12-10-28)22(33)18-17(32)3-2-7-25-18/h2-3,5,7,15,32H,4,6,8-14H2,1H3. The Hall–Kier alpha value is -3.73. The van der Waals surface area contributed by atoms with Gasteiger partial charge in [0.1, 0.15) is 11.4 Å². The highest BCUT2D eigenvalue weighted by Gasteiger charge is 2.33. The smallest absolute Gasteiger partial charge is 0.299 e. The zero-order valence-electron chi connectivity index (χ0n) is 19.6. The summed E-state index contributed by atoms with van der Waals surface area (Å²) in [4.78, 5) is 39.2. The van der Waals surface area contributed by atoms with Crippen LogP contribution in [0.4, 0.5) is 5.69 Å². The van der Waals surface area contributed by atoms with Gasteiger partial charge >= 0.3 is 0 Å². The zero-order chi connectivity index (χ0) is 24.1. The number of fused-ring (bicyclic) bond motifs is 3. The van der Waals surface area contributed by atoms with E-state index in [4.69, 9.17) is 9.72 Å². The summed E-state index contributed by atoms with van der Waals surface area (Å²) in [5.41, 5.74) is 2.52. The Morgan fingerprint density at radius 3 is 2.77 bits per heavy atom. The fourth-order valence-corrected chi connectivity index (χ4v) is 5.25. The van der Waals surface area contributed by atoms with E-state index in [1.165, 1.54) is 16.8 Å². The van der Waals surface area contributed by atoms with Gasteiger partial charge in [0.25, 0.3) is 11.5 Å². The van der Waals surface area contributed by atoms with E-state index in [-0.39, 0.29) is 28.8 Å². The summed E-state index contributed by atoms with van der Waals surface area (Å²) in [5, 5.41) is 14.6. The molecule has 11 nitrogen and oxygen atoms in total. The molecule has 1 unspecified atom stereocenters. The molecule has 1 atom stereocenters. The van der Waals surface area contributed by atoms with Gasteiger partial charge in [0.05, 0.1) is 18.9 Å². The number of amides is 1. The van der Waals surface area contributed by atoms with E-state index >= 15 is 0 Å². The van der Waals surface area contributed by atoms with E-state index in [1.807, 2.05) is 6.08 Å². The number of hydrogen-bond acceptors (Lipinski definition) is 8. The highest BCUT2D eigenvalue weighted by atomic mass is 16.5. The van der Waals surface area contributed by atoms with Crippen LogP contribution in [0.3, 0.4) is 0 Å². The predicted octanol–water partition coefficient (Wildman–Crippen LogP) is 1.26. The zero-order valence-corrected chi connectivity index (χ0v) is 19.6. The molecule has 3 aromatic rings. The van der Waals surface area contributed by atoms with Crippen LogP contribution in [0.5, 0.6) is 5.75 Å². The number of carbonyl (C=O) groups excluding carboxylic acids is 1. The molecule has 0 radical (unpaired) electrons. The Morgan fingerprint density at radius 2 is 2.03 bits per heavy atom. The third-order valence-electron chi connectivity index (χ3n) is 7.13. The molecule has 6 rings (SSSR count). The van der Waals surface area contributed by atoms with E-state index < -0.39 is 0 Å². The van der Waals surface area contributed by atoms with Gasteiger partial charge in [-0.2, -0.15) is 9.50 Å². The van der Waals surface area contributed by atoms with Gasteiger partial charge in [0, 0.05) is 44.8 Å². The molecular weight excluding hydrogens is 450 g/mol. The molecule has 0 spiro atoms. The summed E-state index contributed by atoms with van der Waals surface area (Å²) >= 11 is 0. The van der Waals surface area contributed by atoms with Crippen LogP contribution in [0.25, 0.3) is 11.4 Å². The van der Waals surface area contributed by atoms with Crippen LogP contribution in [0.1, 0.15) is 47.7 Å². The summed E-state index contributed by atoms with van der Waals surface area (Å²) in [6.45, 7) is 5.94. The average molecular weight is 478 g/mol. The van der Waals surface area contributed by atoms with Crippen molar-refractivity contribution in [3.8, 4) is 5.75 Å². The summed E-state index contributed by atoms with van der Waals surface area (Å²) < 4.78 is 8.97. The lowest BCUT2D eigenvalue weighted by Crippen LogP contribution is -2.50. The van der Waals surface area contributed by atoms with Crippen molar-refractivity contribution in [1.82, 2.24) is 29.0 Å². The van der Waals surface area contributed by atoms with Crippen molar-refractivity contribution >= 4 is 22.9 Å². The normalized spacial score (nSPS) is 20.3. The number of hydrogen-bond donors (Lipinski definition) is 1. The molecule has 0 saturated carbocycles. The number of aromatic hydroxyl groups is 1. The lowest BCUT2D eigenvalue weighted by atomic mass is 10.1. The maximum Gasteiger partial charge on any atom is 0.299 e. The Bertz CT molecular complexity index is 1400. The summed E-state index contributed by atoms with van der Waals surface area (Å²) in [6.07, 6.45) is 5.13. The topological polar surface area (TPSA) is 118 Å². The molecule has 3 aliphatic heterocycles. The van der Waals surface area contributed by atoms with Crippen molar-refractivity contribution in [2.45, 2.75) is 32.2 Å². The molecule has 11 heteroatoms. The number of piperazine rings is 1. The Labute approximate surface area is 201 Å². The highest BCUT2D eigenvalue weighted by Crippen LogP contribution is 2.35. The van der Waals surface area contributed by atoms with Gasteiger partial charge in [0.15, 0.2) is 11.5 Å². The van der Waals surface area contributed by atoms with Crippen molar-refractivity contribution in [2.75, 3.05) is 44.3 Å². The number of aryl methyl sites for hydroxylation is 1. The van der Waals surface area contributed by atoms with Gasteiger partial charge in [-0.3, -0.25) is 9.59 Å². The van der Waals surface area contributed by atoms with Crippen LogP contribution in [-0.2, 0) is 11.3 Å². The van der Waals surface area contributed by atoms with Crippen LogP contribution in [0.15, 0.2) is 29.2 Å². The van der Waals surface area contributed by atoms with Gasteiger partial charge in [-0.15, -0.1) is 5.10 Å². The van der Waals surface area contributed by atoms with Crippen LogP contribution < -0.4 is 10.5 Å². The molecule has 1 amide bonds. The van der Waals surface area contributed by atoms with Crippen molar-refractivity contribution in [3.05, 3.63) is 52.0 Å². The van der Waals surface area contributed by atoms with Crippen LogP contribution in [-0.4, -0.2) is 79.5 Å². The van der Waals surface area contributed by atoms with Crippen molar-refractivity contribution in [1.29, 1.82) is 0 Å². The van der Waals surface area contributed by atoms with Gasteiger partial charge in [-0.1, -0.05) is 13.0 Å². The lowest BCUT2D eigenvalue weighted by molar-refractivity contribution is 0.0737. The minimum atomic E-state index is -0.306. The van der Waals surface area contributed by atoms with Crippen LogP contribution in [0.2, 0.25) is 0 Å². The highest BCUT2D eigenvalue weighted by molar-refractivity contribution is 5.95. The number of carbonyl (C=O) groups is 1. The summed E-state index contributed by atoms with van der Waals surface area (Å²) in [5.74, 6) is 0.952. The molecule has 6 heterocycles. The minimum absolute atomic E-state index is 0.0505. The number of anilines is 1. The summed E-state index contributed by atoms with van der Waals surface area (Å²) in [6, 6.07) is 3.05. The van der Waals surface area contributed by atoms with Crippen molar-refractivity contribution in [2.24, 2.45) is 0 Å². The molecule has 35 heavy (non-hydrogen) atoms. The second-order valence-corrected chi connectivity index (χ2v) is 9.23. The van der Waals surface area contributed by atoms with E-state index in [0.717, 1.165) is 30.7 Å². The summed E-state index contributed by atoms with van der Waals surface area (Å²) in [7, 11) is 0. The number of aromatic nitrogens is 5. The maximum absolute atomic E-state index is 13.7. The first-order chi connectivity index (χ1) is 17.0. The fraction of sp³-hybridized carbons (Fsp3) is 0.458. The first kappa shape index (κ1) is 21.8. The van der Waals surface area contributed by atoms with Crippen LogP contribution >= 0.6 is 0 Å². The Morgan fingerprint density at radius 1 is 1.20 bits per heavy atom. The molecule has 1 saturated heterocycles. The molecule has 0 aliphatic carbocycles. The van der Waals surface area contributed by atoms with Crippen molar-refractivity contribution in [3.63, 3.8) is 0 Å². The predicted molar refractivity (Wildman–Crippen MR) is 128 cm³/mol. The monoisotopic (exact) mass is 477 g/mol. The van der Waals surface area contributed by atoms with E-state index in [2.05, 4.69) is 26.5 Å². The SMILES string of the molecule is CC1CCn2c1c(N1CCN(C(=O)c3ncccc3O)CC1)c(=O)n1nc(C3=CCOCC3)nc21. The Balaban J connectivity index is 1.34. The number of rotatable bonds is 3. The maximum atomic E-state index is 13.7. The molecule has 3 aromatic heterocycles. The fourth-order valence-electron chi connectivity index (χ4n) is 5.25. The molecular formula is C24H27N7O4. The van der Waals surface area contributed by atoms with Crippen LogP contribution in [0, 0.1) is 0 Å². The second-order valence-electron chi connectivity index (χ2n) is 9.23. The molecule has 0 bridgehead atoms. The minimum Gasteiger partial charge on any atom is -0.505 e. The van der Waals surface area contributed by atoms with E-state index in [1.54, 1.807) is 11.0 Å². The van der Waals surface area contributed by atoms with Crippen molar-refractivity contribution < 1.29 is 14.6 Å². The van der Waals surface area contributed by atoms with Gasteiger partial charge < -0.3 is 24.2 Å². The molecule has 3 aliphatic rings. The second kappa shape index (κ2) is 8.49. The number of ether oxygens (including phenoxy) is 1. The largest absolute Gasteiger partial charge is 0.505 e. The first-order valence-electron chi connectivity index (χ1n) is 12.0. The molecule has 1 fully saturated rings. The average Bonchev–Trinajstić information content (AvgIpc) is 3.50. The Kier molecular flexibility index (Phi) is 5.28. The molecule has 0 aromatic carbocycles. The third-order valence-corrected chi connectivity index (χ3v) is 7.13. The number of pyridine rings is 1. The first-order valence-corrected chi connectivity index (χ1v) is 12.0. The quantitative estimate of drug-likeness (QED) is 0.599. The van der Waals surface area contributed by atoms with E-state index in [9.17, 15) is 14.7 Å². The lowest BCUT2D eigenvalue weighted by Gasteiger charge is -2.36.